The van der Waals surface area contributed by atoms with E-state index >= 15 is 0 Å². The molecule has 0 bridgehead atoms. The quantitative estimate of drug-likeness (QED) is 0.603. The van der Waals surface area contributed by atoms with Gasteiger partial charge in [-0.2, -0.15) is 0 Å². The van der Waals surface area contributed by atoms with Gasteiger partial charge in [0, 0.05) is 0 Å². The summed E-state index contributed by atoms with van der Waals surface area (Å²) >= 11 is 0. The maximum atomic E-state index is 2.60. The molecule has 2 rings (SSSR count). The van der Waals surface area contributed by atoms with E-state index in [-0.39, 0.29) is 0 Å². The van der Waals surface area contributed by atoms with Gasteiger partial charge in [0.1, 0.15) is 0 Å². The minimum absolute atomic E-state index is 0.826. The Morgan fingerprint density at radius 2 is 1.93 bits per heavy atom. The molecule has 0 heteroatoms. The fraction of sp³-hybridized carbons (Fsp3) is 0.733. The van der Waals surface area contributed by atoms with Crippen LogP contribution in [-0.2, 0) is 0 Å². The molecular formula is C15H24. The van der Waals surface area contributed by atoms with Crippen molar-refractivity contribution in [1.29, 1.82) is 0 Å². The highest BCUT2D eigenvalue weighted by molar-refractivity contribution is 5.45. The summed E-state index contributed by atoms with van der Waals surface area (Å²) in [5.41, 5.74) is 5.32. The number of rotatable bonds is 4. The zero-order chi connectivity index (χ0) is 10.7. The summed E-state index contributed by atoms with van der Waals surface area (Å²) in [6, 6.07) is 0. The first-order valence-electron chi connectivity index (χ1n) is 6.79. The van der Waals surface area contributed by atoms with Gasteiger partial charge < -0.3 is 0 Å². The van der Waals surface area contributed by atoms with Crippen LogP contribution in [0.15, 0.2) is 22.8 Å². The van der Waals surface area contributed by atoms with Gasteiger partial charge >= 0.3 is 0 Å². The van der Waals surface area contributed by atoms with E-state index in [1.54, 1.807) is 11.1 Å². The summed E-state index contributed by atoms with van der Waals surface area (Å²) in [5.74, 6) is 0.826. The topological polar surface area (TPSA) is 0 Å². The van der Waals surface area contributed by atoms with Crippen LogP contribution in [0, 0.1) is 5.92 Å². The first kappa shape index (κ1) is 11.0. The van der Waals surface area contributed by atoms with Crippen molar-refractivity contribution < 1.29 is 0 Å². The van der Waals surface area contributed by atoms with Gasteiger partial charge in [-0.25, -0.2) is 0 Å². The maximum absolute atomic E-state index is 2.60. The molecule has 0 saturated heterocycles. The molecule has 0 radical (unpaired) electrons. The summed E-state index contributed by atoms with van der Waals surface area (Å²) < 4.78 is 0. The Morgan fingerprint density at radius 1 is 1.13 bits per heavy atom. The molecule has 0 aromatic rings. The highest BCUT2D eigenvalue weighted by atomic mass is 14.3. The van der Waals surface area contributed by atoms with Gasteiger partial charge in [0.25, 0.3) is 0 Å². The van der Waals surface area contributed by atoms with Gasteiger partial charge in [-0.3, -0.25) is 0 Å². The van der Waals surface area contributed by atoms with Crippen molar-refractivity contribution in [2.45, 2.75) is 65.2 Å². The minimum Gasteiger partial charge on any atom is -0.0738 e. The Labute approximate surface area is 94.5 Å². The molecule has 0 saturated carbocycles. The van der Waals surface area contributed by atoms with Crippen LogP contribution in [0.1, 0.15) is 65.2 Å². The minimum atomic E-state index is 0.826. The van der Waals surface area contributed by atoms with Crippen molar-refractivity contribution in [2.75, 3.05) is 0 Å². The zero-order valence-electron chi connectivity index (χ0n) is 10.3. The van der Waals surface area contributed by atoms with Gasteiger partial charge in [-0.05, 0) is 55.6 Å². The molecule has 1 unspecified atom stereocenters. The first-order chi connectivity index (χ1) is 7.36. The van der Waals surface area contributed by atoms with Gasteiger partial charge in [0.05, 0.1) is 0 Å². The van der Waals surface area contributed by atoms with E-state index in [9.17, 15) is 0 Å². The molecule has 0 spiro atoms. The standard InChI is InChI=1S/C15H24/c1-3-7-12-11-13(8-4-2)15-10-6-5-9-14(12)15/h11-12H,3-10H2,1-2H3. The predicted molar refractivity (Wildman–Crippen MR) is 66.9 cm³/mol. The monoisotopic (exact) mass is 204 g/mol. The summed E-state index contributed by atoms with van der Waals surface area (Å²) in [4.78, 5) is 0. The average molecular weight is 204 g/mol. The Morgan fingerprint density at radius 3 is 2.67 bits per heavy atom. The zero-order valence-corrected chi connectivity index (χ0v) is 10.3. The van der Waals surface area contributed by atoms with Crippen molar-refractivity contribution in [3.63, 3.8) is 0 Å². The normalized spacial score (nSPS) is 25.5. The van der Waals surface area contributed by atoms with Crippen molar-refractivity contribution in [3.05, 3.63) is 22.8 Å². The Hall–Kier alpha value is -0.520. The third kappa shape index (κ3) is 2.19. The van der Waals surface area contributed by atoms with Crippen molar-refractivity contribution in [1.82, 2.24) is 0 Å². The maximum Gasteiger partial charge on any atom is -0.00115 e. The molecule has 2 aliphatic carbocycles. The van der Waals surface area contributed by atoms with E-state index in [0.29, 0.717) is 0 Å². The molecule has 0 amide bonds. The van der Waals surface area contributed by atoms with E-state index in [2.05, 4.69) is 19.9 Å². The third-order valence-corrected chi connectivity index (χ3v) is 3.87. The van der Waals surface area contributed by atoms with Crippen LogP contribution in [0.4, 0.5) is 0 Å². The molecule has 84 valence electrons. The smallest absolute Gasteiger partial charge is 0.00115 e. The lowest BCUT2D eigenvalue weighted by atomic mass is 9.85. The molecule has 0 nitrogen and oxygen atoms in total. The first-order valence-corrected chi connectivity index (χ1v) is 6.79. The molecule has 0 aliphatic heterocycles. The fourth-order valence-electron chi connectivity index (χ4n) is 3.22. The molecule has 0 heterocycles. The van der Waals surface area contributed by atoms with Crippen molar-refractivity contribution in [2.24, 2.45) is 5.92 Å². The summed E-state index contributed by atoms with van der Waals surface area (Å²) in [6.45, 7) is 4.62. The van der Waals surface area contributed by atoms with Crippen LogP contribution in [0.2, 0.25) is 0 Å². The summed E-state index contributed by atoms with van der Waals surface area (Å²) in [7, 11) is 0. The number of allylic oxidation sites excluding steroid dienone is 4. The van der Waals surface area contributed by atoms with E-state index in [0.717, 1.165) is 5.92 Å². The lowest BCUT2D eigenvalue weighted by Gasteiger charge is -2.20. The fourth-order valence-corrected chi connectivity index (χ4v) is 3.22. The second-order valence-electron chi connectivity index (χ2n) is 5.05. The number of hydrogen-bond donors (Lipinski definition) is 0. The Balaban J connectivity index is 2.17. The summed E-state index contributed by atoms with van der Waals surface area (Å²) in [6.07, 6.45) is 13.6. The van der Waals surface area contributed by atoms with Crippen LogP contribution >= 0.6 is 0 Å². The third-order valence-electron chi connectivity index (χ3n) is 3.87. The van der Waals surface area contributed by atoms with E-state index in [1.807, 2.05) is 5.57 Å². The van der Waals surface area contributed by atoms with E-state index < -0.39 is 0 Å². The van der Waals surface area contributed by atoms with Crippen LogP contribution in [0.3, 0.4) is 0 Å². The molecule has 15 heavy (non-hydrogen) atoms. The molecule has 0 N–H and O–H groups in total. The van der Waals surface area contributed by atoms with E-state index in [1.165, 1.54) is 51.4 Å². The van der Waals surface area contributed by atoms with Crippen LogP contribution < -0.4 is 0 Å². The largest absolute Gasteiger partial charge is 0.0738 e. The second kappa shape index (κ2) is 5.01. The van der Waals surface area contributed by atoms with Gasteiger partial charge in [0.2, 0.25) is 0 Å². The van der Waals surface area contributed by atoms with Gasteiger partial charge in [-0.1, -0.05) is 38.3 Å². The van der Waals surface area contributed by atoms with Crippen molar-refractivity contribution in [3.8, 4) is 0 Å². The lowest BCUT2D eigenvalue weighted by molar-refractivity contribution is 0.588. The van der Waals surface area contributed by atoms with Crippen molar-refractivity contribution >= 4 is 0 Å². The molecule has 1 atom stereocenters. The van der Waals surface area contributed by atoms with Crippen LogP contribution in [-0.4, -0.2) is 0 Å². The molecular weight excluding hydrogens is 180 g/mol. The van der Waals surface area contributed by atoms with Gasteiger partial charge in [0.15, 0.2) is 0 Å². The molecule has 2 aliphatic rings. The lowest BCUT2D eigenvalue weighted by Crippen LogP contribution is -2.03. The summed E-state index contributed by atoms with van der Waals surface area (Å²) in [5, 5.41) is 0. The second-order valence-corrected chi connectivity index (χ2v) is 5.05. The van der Waals surface area contributed by atoms with E-state index in [4.69, 9.17) is 0 Å². The Bertz CT molecular complexity index is 280. The SMILES string of the molecule is CCCC1=CC(CCC)C2=C1CCCC2. The van der Waals surface area contributed by atoms with Gasteiger partial charge in [-0.15, -0.1) is 0 Å². The predicted octanol–water partition coefficient (Wildman–Crippen LogP) is 5.01. The molecule has 0 fully saturated rings. The highest BCUT2D eigenvalue weighted by Gasteiger charge is 2.26. The van der Waals surface area contributed by atoms with Crippen LogP contribution in [0.5, 0.6) is 0 Å². The highest BCUT2D eigenvalue weighted by Crippen LogP contribution is 2.43. The number of hydrogen-bond acceptors (Lipinski definition) is 0. The molecule has 0 aromatic heterocycles. The van der Waals surface area contributed by atoms with Crippen LogP contribution in [0.25, 0.3) is 0 Å². The Kier molecular flexibility index (Phi) is 3.66. The average Bonchev–Trinajstić information content (AvgIpc) is 2.59. The molecule has 0 aromatic carbocycles.